The molecule has 0 bridgehead atoms. The minimum absolute atomic E-state index is 0.676. The van der Waals surface area contributed by atoms with E-state index in [4.69, 9.17) is 5.73 Å². The zero-order valence-corrected chi connectivity index (χ0v) is 9.29. The lowest BCUT2D eigenvalue weighted by molar-refractivity contribution is 0.956. The van der Waals surface area contributed by atoms with Gasteiger partial charge in [-0.1, -0.05) is 12.6 Å². The van der Waals surface area contributed by atoms with E-state index in [2.05, 4.69) is 36.7 Å². The van der Waals surface area contributed by atoms with E-state index in [1.807, 2.05) is 0 Å². The van der Waals surface area contributed by atoms with E-state index in [1.165, 1.54) is 16.8 Å². The van der Waals surface area contributed by atoms with Crippen LogP contribution >= 0.6 is 0 Å². The number of likely N-dealkylation sites (N-methyl/N-ethyl adjacent to an activating group) is 1. The van der Waals surface area contributed by atoms with Gasteiger partial charge in [0, 0.05) is 19.3 Å². The first-order valence-electron chi connectivity index (χ1n) is 5.44. The van der Waals surface area contributed by atoms with Gasteiger partial charge in [0.05, 0.1) is 0 Å². The van der Waals surface area contributed by atoms with Gasteiger partial charge in [-0.2, -0.15) is 0 Å². The van der Waals surface area contributed by atoms with Crippen molar-refractivity contribution in [1.29, 1.82) is 0 Å². The Hall–Kier alpha value is -1.28. The van der Waals surface area contributed by atoms with Crippen LogP contribution in [0.2, 0.25) is 0 Å². The molecule has 0 saturated carbocycles. The maximum absolute atomic E-state index is 5.53. The van der Waals surface area contributed by atoms with Crippen LogP contribution in [0.25, 0.3) is 5.57 Å². The van der Waals surface area contributed by atoms with Gasteiger partial charge in [-0.05, 0) is 48.2 Å². The Balaban J connectivity index is 2.27. The van der Waals surface area contributed by atoms with E-state index in [0.29, 0.717) is 6.54 Å². The summed E-state index contributed by atoms with van der Waals surface area (Å²) in [6.07, 6.45) is 2.03. The molecule has 0 amide bonds. The molecule has 1 aromatic carbocycles. The predicted molar refractivity (Wildman–Crippen MR) is 66.1 cm³/mol. The molecule has 80 valence electrons. The Bertz CT molecular complexity index is 382. The molecule has 0 radical (unpaired) electrons. The van der Waals surface area contributed by atoms with Crippen LogP contribution in [0, 0.1) is 0 Å². The number of nitrogens with two attached hydrogens (primary N) is 1. The molecule has 1 aliphatic rings. The third kappa shape index (κ3) is 1.90. The van der Waals surface area contributed by atoms with Crippen molar-refractivity contribution in [1.82, 2.24) is 0 Å². The molecular formula is C13H18N2. The van der Waals surface area contributed by atoms with Crippen molar-refractivity contribution in [2.75, 3.05) is 25.0 Å². The molecule has 0 unspecified atom stereocenters. The van der Waals surface area contributed by atoms with Gasteiger partial charge >= 0.3 is 0 Å². The van der Waals surface area contributed by atoms with Crippen LogP contribution in [0.15, 0.2) is 24.8 Å². The Morgan fingerprint density at radius 3 is 3.07 bits per heavy atom. The summed E-state index contributed by atoms with van der Waals surface area (Å²) in [7, 11) is 2.14. The quantitative estimate of drug-likeness (QED) is 0.812. The van der Waals surface area contributed by atoms with Gasteiger partial charge in [-0.15, -0.1) is 0 Å². The summed E-state index contributed by atoms with van der Waals surface area (Å²) in [5, 5.41) is 0. The van der Waals surface area contributed by atoms with E-state index in [-0.39, 0.29) is 0 Å². The molecule has 0 saturated heterocycles. The molecule has 1 aromatic rings. The number of nitrogens with zero attached hydrogens (tertiary/aromatic N) is 1. The maximum Gasteiger partial charge on any atom is 0.0397 e. The van der Waals surface area contributed by atoms with Gasteiger partial charge in [0.25, 0.3) is 0 Å². The average Bonchev–Trinajstić information content (AvgIpc) is 2.60. The minimum Gasteiger partial charge on any atom is -0.374 e. The van der Waals surface area contributed by atoms with Crippen LogP contribution < -0.4 is 10.6 Å². The molecule has 0 aromatic heterocycles. The third-order valence-electron chi connectivity index (χ3n) is 3.06. The summed E-state index contributed by atoms with van der Waals surface area (Å²) < 4.78 is 0. The number of hydrogen-bond acceptors (Lipinski definition) is 2. The third-order valence-corrected chi connectivity index (χ3v) is 3.06. The monoisotopic (exact) mass is 202 g/mol. The second-order valence-electron chi connectivity index (χ2n) is 4.16. The van der Waals surface area contributed by atoms with Gasteiger partial charge in [-0.3, -0.25) is 0 Å². The first kappa shape index (κ1) is 10.2. The zero-order chi connectivity index (χ0) is 10.8. The van der Waals surface area contributed by atoms with Crippen molar-refractivity contribution in [3.63, 3.8) is 0 Å². The SMILES string of the molecule is C=C(CCN)c1ccc2c(c1)CCN2C. The van der Waals surface area contributed by atoms with Crippen molar-refractivity contribution in [2.24, 2.45) is 5.73 Å². The van der Waals surface area contributed by atoms with Crippen molar-refractivity contribution < 1.29 is 0 Å². The Morgan fingerprint density at radius 2 is 2.33 bits per heavy atom. The lowest BCUT2D eigenvalue weighted by Crippen LogP contribution is -2.12. The highest BCUT2D eigenvalue weighted by Crippen LogP contribution is 2.29. The highest BCUT2D eigenvalue weighted by Gasteiger charge is 2.15. The molecular weight excluding hydrogens is 184 g/mol. The van der Waals surface area contributed by atoms with Gasteiger partial charge in [0.15, 0.2) is 0 Å². The Labute approximate surface area is 91.4 Å². The van der Waals surface area contributed by atoms with Crippen molar-refractivity contribution >= 4 is 11.3 Å². The van der Waals surface area contributed by atoms with Crippen LogP contribution in [-0.2, 0) is 6.42 Å². The molecule has 0 spiro atoms. The second kappa shape index (κ2) is 4.07. The number of fused-ring (bicyclic) bond motifs is 1. The van der Waals surface area contributed by atoms with E-state index in [1.54, 1.807) is 0 Å². The molecule has 15 heavy (non-hydrogen) atoms. The Morgan fingerprint density at radius 1 is 1.53 bits per heavy atom. The Kier molecular flexibility index (Phi) is 2.78. The van der Waals surface area contributed by atoms with Crippen LogP contribution in [0.4, 0.5) is 5.69 Å². The summed E-state index contributed by atoms with van der Waals surface area (Å²) in [5.41, 5.74) is 10.7. The fourth-order valence-electron chi connectivity index (χ4n) is 2.11. The lowest BCUT2D eigenvalue weighted by atomic mass is 10.0. The number of rotatable bonds is 3. The molecule has 1 aliphatic heterocycles. The summed E-state index contributed by atoms with van der Waals surface area (Å²) in [4.78, 5) is 2.30. The molecule has 0 aliphatic carbocycles. The fraction of sp³-hybridized carbons (Fsp3) is 0.385. The zero-order valence-electron chi connectivity index (χ0n) is 9.29. The molecule has 2 N–H and O–H groups in total. The van der Waals surface area contributed by atoms with Crippen molar-refractivity contribution in [3.8, 4) is 0 Å². The summed E-state index contributed by atoms with van der Waals surface area (Å²) in [6, 6.07) is 6.61. The van der Waals surface area contributed by atoms with Gasteiger partial charge in [0.1, 0.15) is 0 Å². The van der Waals surface area contributed by atoms with Crippen LogP contribution in [0.1, 0.15) is 17.5 Å². The fourth-order valence-corrected chi connectivity index (χ4v) is 2.11. The van der Waals surface area contributed by atoms with Crippen molar-refractivity contribution in [2.45, 2.75) is 12.8 Å². The highest BCUT2D eigenvalue weighted by molar-refractivity contribution is 5.69. The number of hydrogen-bond donors (Lipinski definition) is 1. The van der Waals surface area contributed by atoms with Crippen molar-refractivity contribution in [3.05, 3.63) is 35.9 Å². The normalized spacial score (nSPS) is 14.1. The largest absolute Gasteiger partial charge is 0.374 e. The molecule has 0 fully saturated rings. The van der Waals surface area contributed by atoms with E-state index in [9.17, 15) is 0 Å². The summed E-state index contributed by atoms with van der Waals surface area (Å²) >= 11 is 0. The summed E-state index contributed by atoms with van der Waals surface area (Å²) in [6.45, 7) is 5.87. The topological polar surface area (TPSA) is 29.3 Å². The van der Waals surface area contributed by atoms with E-state index < -0.39 is 0 Å². The molecule has 2 rings (SSSR count). The van der Waals surface area contributed by atoms with E-state index >= 15 is 0 Å². The highest BCUT2D eigenvalue weighted by atomic mass is 15.1. The van der Waals surface area contributed by atoms with E-state index in [0.717, 1.165) is 25.0 Å². The second-order valence-corrected chi connectivity index (χ2v) is 4.16. The molecule has 2 nitrogen and oxygen atoms in total. The van der Waals surface area contributed by atoms with Crippen LogP contribution in [0.3, 0.4) is 0 Å². The minimum atomic E-state index is 0.676. The molecule has 2 heteroatoms. The van der Waals surface area contributed by atoms with Gasteiger partial charge in [-0.25, -0.2) is 0 Å². The standard InChI is InChI=1S/C13H18N2/c1-10(5-7-14)11-3-4-13-12(9-11)6-8-15(13)2/h3-4,9H,1,5-8,14H2,2H3. The van der Waals surface area contributed by atoms with Crippen LogP contribution in [0.5, 0.6) is 0 Å². The lowest BCUT2D eigenvalue weighted by Gasteiger charge is -2.12. The molecule has 1 heterocycles. The van der Waals surface area contributed by atoms with Crippen LogP contribution in [-0.4, -0.2) is 20.1 Å². The molecule has 0 atom stereocenters. The summed E-state index contributed by atoms with van der Waals surface area (Å²) in [5.74, 6) is 0. The van der Waals surface area contributed by atoms with Gasteiger partial charge < -0.3 is 10.6 Å². The first-order valence-corrected chi connectivity index (χ1v) is 5.44. The average molecular weight is 202 g/mol. The predicted octanol–water partition coefficient (Wildman–Crippen LogP) is 2.04. The smallest absolute Gasteiger partial charge is 0.0397 e. The first-order chi connectivity index (χ1) is 7.22. The number of anilines is 1. The number of benzene rings is 1. The maximum atomic E-state index is 5.53. The van der Waals surface area contributed by atoms with Gasteiger partial charge in [0.2, 0.25) is 0 Å².